The maximum absolute atomic E-state index is 11.4. The van der Waals surface area contributed by atoms with Crippen LogP contribution in [-0.4, -0.2) is 28.4 Å². The van der Waals surface area contributed by atoms with Crippen molar-refractivity contribution in [2.24, 2.45) is 0 Å². The summed E-state index contributed by atoms with van der Waals surface area (Å²) < 4.78 is 5.02. The third-order valence-electron chi connectivity index (χ3n) is 2.69. The van der Waals surface area contributed by atoms with E-state index in [1.54, 1.807) is 24.3 Å². The predicted molar refractivity (Wildman–Crippen MR) is 67.3 cm³/mol. The topological polar surface area (TPSA) is 92.3 Å². The van der Waals surface area contributed by atoms with Gasteiger partial charge in [-0.3, -0.25) is 9.59 Å². The molecule has 0 aliphatic carbocycles. The molecule has 1 unspecified atom stereocenters. The number of aliphatic carboxylic acids is 1. The molecule has 1 heterocycles. The minimum Gasteiger partial charge on any atom is -0.497 e. The molecule has 0 aliphatic rings. The minimum atomic E-state index is -1.04. The highest BCUT2D eigenvalue weighted by Crippen LogP contribution is 2.24. The van der Waals surface area contributed by atoms with Crippen LogP contribution in [0.4, 0.5) is 0 Å². The van der Waals surface area contributed by atoms with Crippen LogP contribution in [-0.2, 0) is 4.79 Å². The number of aromatic amines is 1. The fourth-order valence-electron chi connectivity index (χ4n) is 1.75. The number of nitrogens with one attached hydrogen (secondary N) is 1. The van der Waals surface area contributed by atoms with E-state index in [-0.39, 0.29) is 11.3 Å². The van der Waals surface area contributed by atoms with E-state index in [0.717, 1.165) is 0 Å². The summed E-state index contributed by atoms with van der Waals surface area (Å²) in [5.41, 5.74) is 0.465. The van der Waals surface area contributed by atoms with Gasteiger partial charge >= 0.3 is 5.97 Å². The molecule has 1 aromatic heterocycles. The second kappa shape index (κ2) is 5.34. The Kier molecular flexibility index (Phi) is 3.61. The summed E-state index contributed by atoms with van der Waals surface area (Å²) in [6, 6.07) is 9.33. The average molecular weight is 260 g/mol. The van der Waals surface area contributed by atoms with Crippen molar-refractivity contribution >= 4 is 5.97 Å². The van der Waals surface area contributed by atoms with Crippen LogP contribution in [0.5, 0.6) is 5.75 Å². The molecule has 0 fully saturated rings. The molecule has 6 heteroatoms. The van der Waals surface area contributed by atoms with Crippen molar-refractivity contribution in [3.05, 3.63) is 58.0 Å². The van der Waals surface area contributed by atoms with Crippen LogP contribution in [0.2, 0.25) is 0 Å². The van der Waals surface area contributed by atoms with E-state index in [2.05, 4.69) is 10.2 Å². The highest BCUT2D eigenvalue weighted by molar-refractivity contribution is 5.79. The van der Waals surface area contributed by atoms with Gasteiger partial charge in [0.25, 0.3) is 5.56 Å². The molecule has 98 valence electrons. The van der Waals surface area contributed by atoms with Gasteiger partial charge in [0.2, 0.25) is 0 Å². The second-order valence-electron chi connectivity index (χ2n) is 3.89. The van der Waals surface area contributed by atoms with E-state index >= 15 is 0 Å². The van der Waals surface area contributed by atoms with Crippen molar-refractivity contribution in [3.63, 3.8) is 0 Å². The average Bonchev–Trinajstić information content (AvgIpc) is 2.42. The van der Waals surface area contributed by atoms with Gasteiger partial charge in [-0.15, -0.1) is 0 Å². The first-order valence-corrected chi connectivity index (χ1v) is 5.54. The van der Waals surface area contributed by atoms with Crippen molar-refractivity contribution in [1.29, 1.82) is 0 Å². The first kappa shape index (κ1) is 12.8. The molecule has 0 aliphatic heterocycles. The lowest BCUT2D eigenvalue weighted by molar-refractivity contribution is -0.137. The zero-order valence-corrected chi connectivity index (χ0v) is 10.2. The fraction of sp³-hybridized carbons (Fsp3) is 0.154. The molecular weight excluding hydrogens is 248 g/mol. The number of ether oxygens (including phenoxy) is 1. The maximum atomic E-state index is 11.4. The molecule has 1 aromatic carbocycles. The van der Waals surface area contributed by atoms with Gasteiger partial charge in [-0.2, -0.15) is 5.10 Å². The number of rotatable bonds is 4. The number of aromatic nitrogens is 2. The van der Waals surface area contributed by atoms with Gasteiger partial charge in [0.05, 0.1) is 12.8 Å². The molecule has 19 heavy (non-hydrogen) atoms. The van der Waals surface area contributed by atoms with Crippen molar-refractivity contribution in [2.45, 2.75) is 5.92 Å². The Labute approximate surface area is 108 Å². The van der Waals surface area contributed by atoms with E-state index < -0.39 is 11.9 Å². The third kappa shape index (κ3) is 2.79. The highest BCUT2D eigenvalue weighted by Gasteiger charge is 2.23. The minimum absolute atomic E-state index is 0.275. The van der Waals surface area contributed by atoms with Gasteiger partial charge in [-0.1, -0.05) is 12.1 Å². The molecule has 2 aromatic rings. The molecular formula is C13H12N2O4. The van der Waals surface area contributed by atoms with E-state index in [0.29, 0.717) is 11.3 Å². The summed E-state index contributed by atoms with van der Waals surface area (Å²) in [6.07, 6.45) is 0. The number of methoxy groups -OCH3 is 1. The largest absolute Gasteiger partial charge is 0.497 e. The molecule has 0 bridgehead atoms. The lowest BCUT2D eigenvalue weighted by Gasteiger charge is -2.12. The van der Waals surface area contributed by atoms with Gasteiger partial charge in [-0.05, 0) is 23.8 Å². The zero-order chi connectivity index (χ0) is 13.8. The van der Waals surface area contributed by atoms with Gasteiger partial charge < -0.3 is 9.84 Å². The van der Waals surface area contributed by atoms with Gasteiger partial charge in [0.15, 0.2) is 0 Å². The Bertz CT molecular complexity index is 613. The molecule has 2 rings (SSSR count). The van der Waals surface area contributed by atoms with E-state index in [1.807, 2.05) is 0 Å². The summed E-state index contributed by atoms with van der Waals surface area (Å²) >= 11 is 0. The Morgan fingerprint density at radius 2 is 1.95 bits per heavy atom. The van der Waals surface area contributed by atoms with E-state index in [9.17, 15) is 14.7 Å². The normalized spacial score (nSPS) is 11.8. The molecule has 1 atom stereocenters. The standard InChI is InChI=1S/C13H12N2O4/c1-19-9-4-2-8(3-5-9)12(13(17)18)10-6-7-11(16)15-14-10/h2-7,12H,1H3,(H,15,16)(H,17,18). The summed E-state index contributed by atoms with van der Waals surface area (Å²) in [5, 5.41) is 15.3. The number of carboxylic acid groups (broad SMARTS) is 1. The van der Waals surface area contributed by atoms with Crippen molar-refractivity contribution < 1.29 is 14.6 Å². The predicted octanol–water partition coefficient (Wildman–Crippen LogP) is 0.995. The Morgan fingerprint density at radius 3 is 2.42 bits per heavy atom. The summed E-state index contributed by atoms with van der Waals surface area (Å²) in [4.78, 5) is 22.3. The number of H-pyrrole nitrogens is 1. The van der Waals surface area contributed by atoms with Crippen LogP contribution in [0, 0.1) is 0 Å². The molecule has 0 spiro atoms. The van der Waals surface area contributed by atoms with Crippen molar-refractivity contribution in [2.75, 3.05) is 7.11 Å². The number of hydrogen-bond acceptors (Lipinski definition) is 4. The Balaban J connectivity index is 2.42. The first-order valence-electron chi connectivity index (χ1n) is 5.54. The summed E-state index contributed by atoms with van der Waals surface area (Å²) in [5.74, 6) is -1.32. The number of carboxylic acids is 1. The van der Waals surface area contributed by atoms with Crippen molar-refractivity contribution in [1.82, 2.24) is 10.2 Å². The zero-order valence-electron chi connectivity index (χ0n) is 10.2. The Hall–Kier alpha value is -2.63. The molecule has 0 radical (unpaired) electrons. The SMILES string of the molecule is COc1ccc(C(C(=O)O)c2ccc(=O)[nH]n2)cc1. The number of benzene rings is 1. The Morgan fingerprint density at radius 1 is 1.26 bits per heavy atom. The first-order chi connectivity index (χ1) is 9.11. The highest BCUT2D eigenvalue weighted by atomic mass is 16.5. The second-order valence-corrected chi connectivity index (χ2v) is 3.89. The fourth-order valence-corrected chi connectivity index (χ4v) is 1.75. The molecule has 0 saturated carbocycles. The van der Waals surface area contributed by atoms with Crippen LogP contribution >= 0.6 is 0 Å². The monoisotopic (exact) mass is 260 g/mol. The van der Waals surface area contributed by atoms with Crippen LogP contribution in [0.3, 0.4) is 0 Å². The lowest BCUT2D eigenvalue weighted by atomic mass is 9.95. The van der Waals surface area contributed by atoms with Gasteiger partial charge in [-0.25, -0.2) is 5.10 Å². The summed E-state index contributed by atoms with van der Waals surface area (Å²) in [6.45, 7) is 0. The van der Waals surface area contributed by atoms with E-state index in [4.69, 9.17) is 4.74 Å². The quantitative estimate of drug-likeness (QED) is 0.855. The maximum Gasteiger partial charge on any atom is 0.317 e. The smallest absolute Gasteiger partial charge is 0.317 e. The summed E-state index contributed by atoms with van der Waals surface area (Å²) in [7, 11) is 1.53. The molecule has 6 nitrogen and oxygen atoms in total. The van der Waals surface area contributed by atoms with Crippen molar-refractivity contribution in [3.8, 4) is 5.75 Å². The molecule has 0 saturated heterocycles. The number of hydrogen-bond donors (Lipinski definition) is 2. The number of carbonyl (C=O) groups is 1. The lowest BCUT2D eigenvalue weighted by Crippen LogP contribution is -2.17. The van der Waals surface area contributed by atoms with Crippen LogP contribution in [0.1, 0.15) is 17.2 Å². The molecule has 2 N–H and O–H groups in total. The van der Waals surface area contributed by atoms with Gasteiger partial charge in [0.1, 0.15) is 11.7 Å². The van der Waals surface area contributed by atoms with Crippen LogP contribution in [0.15, 0.2) is 41.2 Å². The van der Waals surface area contributed by atoms with Gasteiger partial charge in [0, 0.05) is 6.07 Å². The van der Waals surface area contributed by atoms with Crippen LogP contribution in [0.25, 0.3) is 0 Å². The van der Waals surface area contributed by atoms with Crippen LogP contribution < -0.4 is 10.3 Å². The number of nitrogens with zero attached hydrogens (tertiary/aromatic N) is 1. The molecule has 0 amide bonds. The van der Waals surface area contributed by atoms with E-state index in [1.165, 1.54) is 19.2 Å². The third-order valence-corrected chi connectivity index (χ3v) is 2.69.